The predicted molar refractivity (Wildman–Crippen MR) is 127 cm³/mol. The van der Waals surface area contributed by atoms with Crippen molar-refractivity contribution in [3.05, 3.63) is 42.0 Å². The first-order valence-electron chi connectivity index (χ1n) is 12.3. The van der Waals surface area contributed by atoms with Crippen molar-refractivity contribution in [2.24, 2.45) is 11.8 Å². The molecule has 5 rings (SSSR count). The first-order chi connectivity index (χ1) is 15.1. The molecule has 5 heterocycles. The van der Waals surface area contributed by atoms with Crippen LogP contribution in [0.25, 0.3) is 11.4 Å². The van der Waals surface area contributed by atoms with Crippen LogP contribution in [0.3, 0.4) is 0 Å². The van der Waals surface area contributed by atoms with Gasteiger partial charge in [0, 0.05) is 60.3 Å². The van der Waals surface area contributed by atoms with Crippen LogP contribution in [0.4, 0.5) is 0 Å². The van der Waals surface area contributed by atoms with Crippen molar-refractivity contribution in [3.63, 3.8) is 0 Å². The highest BCUT2D eigenvalue weighted by molar-refractivity contribution is 5.54. The van der Waals surface area contributed by atoms with Crippen molar-refractivity contribution in [2.75, 3.05) is 26.2 Å². The lowest BCUT2D eigenvalue weighted by atomic mass is 9.74. The summed E-state index contributed by atoms with van der Waals surface area (Å²) in [5, 5.41) is 3.69. The van der Waals surface area contributed by atoms with Crippen molar-refractivity contribution in [1.82, 2.24) is 25.2 Å². The zero-order valence-corrected chi connectivity index (χ0v) is 19.7. The Balaban J connectivity index is 1.58. The van der Waals surface area contributed by atoms with Crippen LogP contribution in [0.2, 0.25) is 0 Å². The van der Waals surface area contributed by atoms with Gasteiger partial charge < -0.3 is 5.32 Å². The minimum absolute atomic E-state index is 0.497. The first kappa shape index (κ1) is 22.3. The van der Waals surface area contributed by atoms with Crippen molar-refractivity contribution in [3.8, 4) is 11.4 Å². The van der Waals surface area contributed by atoms with Crippen LogP contribution in [-0.4, -0.2) is 52.1 Å². The Labute approximate surface area is 188 Å². The Morgan fingerprint density at radius 1 is 1.13 bits per heavy atom. The molecule has 0 radical (unpaired) electrons. The van der Waals surface area contributed by atoms with Gasteiger partial charge in [0.1, 0.15) is 0 Å². The predicted octanol–water partition coefficient (Wildman–Crippen LogP) is 4.87. The van der Waals surface area contributed by atoms with Gasteiger partial charge in [-0.3, -0.25) is 9.88 Å². The highest BCUT2D eigenvalue weighted by atomic mass is 15.2. The van der Waals surface area contributed by atoms with Gasteiger partial charge in [0.05, 0.1) is 0 Å². The maximum atomic E-state index is 5.13. The standard InChI is InChI=1S/C26H39N5/c1-5-19(6-2)24-14-25(30-26(29-24)20-7-10-27-11-8-20)23-17-31-12-9-21(23)13-22(31)16-28-15-18(3)4/h7-8,10-11,14,18-19,21-23,28H,5-6,9,12-13,15-17H2,1-4H3. The van der Waals surface area contributed by atoms with Crippen molar-refractivity contribution in [2.45, 2.75) is 71.3 Å². The van der Waals surface area contributed by atoms with Crippen molar-refractivity contribution in [1.29, 1.82) is 0 Å². The van der Waals surface area contributed by atoms with E-state index in [1.54, 1.807) is 0 Å². The van der Waals surface area contributed by atoms with Gasteiger partial charge in [-0.1, -0.05) is 27.7 Å². The van der Waals surface area contributed by atoms with E-state index in [-0.39, 0.29) is 0 Å². The molecule has 4 unspecified atom stereocenters. The molecule has 0 aliphatic carbocycles. The minimum Gasteiger partial charge on any atom is -0.315 e. The summed E-state index contributed by atoms with van der Waals surface area (Å²) in [5.41, 5.74) is 3.54. The summed E-state index contributed by atoms with van der Waals surface area (Å²) in [6.07, 6.45) is 8.49. The summed E-state index contributed by atoms with van der Waals surface area (Å²) >= 11 is 0. The van der Waals surface area contributed by atoms with Crippen LogP contribution in [0.15, 0.2) is 30.6 Å². The average molecular weight is 422 g/mol. The van der Waals surface area contributed by atoms with E-state index in [1.165, 1.54) is 30.8 Å². The van der Waals surface area contributed by atoms with Gasteiger partial charge >= 0.3 is 0 Å². The molecule has 0 spiro atoms. The van der Waals surface area contributed by atoms with E-state index in [9.17, 15) is 0 Å². The normalized spacial score (nSPS) is 25.5. The van der Waals surface area contributed by atoms with Crippen LogP contribution in [0.5, 0.6) is 0 Å². The molecule has 5 nitrogen and oxygen atoms in total. The highest BCUT2D eigenvalue weighted by Crippen LogP contribution is 2.42. The second kappa shape index (κ2) is 10.2. The van der Waals surface area contributed by atoms with E-state index >= 15 is 0 Å². The number of fused-ring (bicyclic) bond motifs is 3. The fraction of sp³-hybridized carbons (Fsp3) is 0.654. The van der Waals surface area contributed by atoms with Gasteiger partial charge in [-0.25, -0.2) is 9.97 Å². The summed E-state index contributed by atoms with van der Waals surface area (Å²) in [6, 6.07) is 7.07. The molecule has 31 heavy (non-hydrogen) atoms. The smallest absolute Gasteiger partial charge is 0.159 e. The molecule has 0 saturated carbocycles. The first-order valence-corrected chi connectivity index (χ1v) is 12.3. The number of hydrogen-bond donors (Lipinski definition) is 1. The van der Waals surface area contributed by atoms with Crippen molar-refractivity contribution < 1.29 is 0 Å². The summed E-state index contributed by atoms with van der Waals surface area (Å²) < 4.78 is 0. The highest BCUT2D eigenvalue weighted by Gasteiger charge is 2.41. The fourth-order valence-corrected chi connectivity index (χ4v) is 5.45. The Kier molecular flexibility index (Phi) is 7.34. The number of pyridine rings is 1. The zero-order chi connectivity index (χ0) is 21.8. The Morgan fingerprint density at radius 2 is 1.90 bits per heavy atom. The number of nitrogens with one attached hydrogen (secondary N) is 1. The van der Waals surface area contributed by atoms with Crippen LogP contribution < -0.4 is 5.32 Å². The maximum Gasteiger partial charge on any atom is 0.159 e. The number of aromatic nitrogens is 3. The molecular formula is C26H39N5. The van der Waals surface area contributed by atoms with Gasteiger partial charge in [0.25, 0.3) is 0 Å². The summed E-state index contributed by atoms with van der Waals surface area (Å²) in [7, 11) is 0. The number of rotatable bonds is 9. The number of hydrogen-bond acceptors (Lipinski definition) is 5. The fourth-order valence-electron chi connectivity index (χ4n) is 5.45. The maximum absolute atomic E-state index is 5.13. The molecule has 2 bridgehead atoms. The molecule has 0 aromatic carbocycles. The second-order valence-electron chi connectivity index (χ2n) is 9.88. The van der Waals surface area contributed by atoms with Crippen LogP contribution in [0.1, 0.15) is 76.6 Å². The van der Waals surface area contributed by atoms with Crippen LogP contribution >= 0.6 is 0 Å². The van der Waals surface area contributed by atoms with Gasteiger partial charge in [0.15, 0.2) is 5.82 Å². The topological polar surface area (TPSA) is 53.9 Å². The SMILES string of the molecule is CCC(CC)c1cc(C2CN3CCC2CC3CNCC(C)C)nc(-c2ccncc2)n1. The summed E-state index contributed by atoms with van der Waals surface area (Å²) in [6.45, 7) is 13.7. The monoisotopic (exact) mass is 421 g/mol. The third-order valence-electron chi connectivity index (χ3n) is 7.30. The second-order valence-corrected chi connectivity index (χ2v) is 9.88. The molecule has 2 aromatic heterocycles. The largest absolute Gasteiger partial charge is 0.315 e. The molecule has 3 fully saturated rings. The molecule has 1 N–H and O–H groups in total. The molecule has 4 atom stereocenters. The third-order valence-corrected chi connectivity index (χ3v) is 7.30. The van der Waals surface area contributed by atoms with Gasteiger partial charge in [-0.2, -0.15) is 0 Å². The average Bonchev–Trinajstić information content (AvgIpc) is 2.80. The van der Waals surface area contributed by atoms with E-state index in [0.717, 1.165) is 49.8 Å². The Hall–Kier alpha value is -1.85. The van der Waals surface area contributed by atoms with Gasteiger partial charge in [-0.05, 0) is 68.8 Å². The van der Waals surface area contributed by atoms with E-state index in [4.69, 9.17) is 9.97 Å². The van der Waals surface area contributed by atoms with Crippen LogP contribution in [-0.2, 0) is 0 Å². The molecule has 0 amide bonds. The van der Waals surface area contributed by atoms with Crippen LogP contribution in [0, 0.1) is 11.8 Å². The van der Waals surface area contributed by atoms with Gasteiger partial charge in [0.2, 0.25) is 0 Å². The minimum atomic E-state index is 0.497. The summed E-state index contributed by atoms with van der Waals surface area (Å²) in [5.74, 6) is 3.32. The number of piperidine rings is 3. The molecular weight excluding hydrogens is 382 g/mol. The quantitative estimate of drug-likeness (QED) is 0.626. The zero-order valence-electron chi connectivity index (χ0n) is 19.7. The van der Waals surface area contributed by atoms with Gasteiger partial charge in [-0.15, -0.1) is 0 Å². The van der Waals surface area contributed by atoms with E-state index < -0.39 is 0 Å². The molecule has 3 aliphatic rings. The van der Waals surface area contributed by atoms with E-state index in [2.05, 4.69) is 49.0 Å². The molecule has 5 heteroatoms. The summed E-state index contributed by atoms with van der Waals surface area (Å²) in [4.78, 5) is 17.0. The van der Waals surface area contributed by atoms with Crippen molar-refractivity contribution >= 4 is 0 Å². The third kappa shape index (κ3) is 5.15. The van der Waals surface area contributed by atoms with E-state index in [1.807, 2.05) is 24.5 Å². The lowest BCUT2D eigenvalue weighted by Gasteiger charge is -2.50. The Morgan fingerprint density at radius 3 is 2.55 bits per heavy atom. The number of nitrogens with zero attached hydrogens (tertiary/aromatic N) is 4. The Bertz CT molecular complexity index is 833. The van der Waals surface area contributed by atoms with E-state index in [0.29, 0.717) is 23.8 Å². The molecule has 2 aromatic rings. The molecule has 3 saturated heterocycles. The molecule has 3 aliphatic heterocycles. The lowest BCUT2D eigenvalue weighted by Crippen LogP contribution is -2.55. The lowest BCUT2D eigenvalue weighted by molar-refractivity contribution is 0.0291. The molecule has 168 valence electrons.